The Kier molecular flexibility index (Phi) is 11.3. The molecule has 38 heavy (non-hydrogen) atoms. The third kappa shape index (κ3) is 6.41. The Morgan fingerprint density at radius 3 is 2.50 bits per heavy atom. The summed E-state index contributed by atoms with van der Waals surface area (Å²) in [5.41, 5.74) is 3.39. The van der Waals surface area contributed by atoms with Gasteiger partial charge in [-0.2, -0.15) is 0 Å². The number of nitrogens with one attached hydrogen (secondary N) is 2. The number of Topliss-reactive ketones (excluding diaryl/α,β-unsaturated/α-hetero) is 1. The fourth-order valence-electron chi connectivity index (χ4n) is 8.60. The van der Waals surface area contributed by atoms with Crippen molar-refractivity contribution in [2.75, 3.05) is 13.1 Å². The number of rotatable bonds is 7. The highest BCUT2D eigenvalue weighted by Crippen LogP contribution is 2.66. The van der Waals surface area contributed by atoms with E-state index in [0.29, 0.717) is 41.1 Å². The van der Waals surface area contributed by atoms with E-state index in [1.54, 1.807) is 5.57 Å². The second kappa shape index (κ2) is 13.4. The van der Waals surface area contributed by atoms with Gasteiger partial charge in [0.1, 0.15) is 0 Å². The lowest BCUT2D eigenvalue weighted by Gasteiger charge is -2.57. The van der Waals surface area contributed by atoms with Crippen LogP contribution in [-0.2, 0) is 4.79 Å². The number of amides is 1. The molecule has 0 aromatic carbocycles. The van der Waals surface area contributed by atoms with Crippen molar-refractivity contribution < 1.29 is 14.7 Å². The fourth-order valence-corrected chi connectivity index (χ4v) is 8.60. The first-order valence-corrected chi connectivity index (χ1v) is 14.4. The van der Waals surface area contributed by atoms with Gasteiger partial charge in [-0.3, -0.25) is 4.79 Å². The summed E-state index contributed by atoms with van der Waals surface area (Å²) in [5.74, 6) is 8.40. The van der Waals surface area contributed by atoms with Gasteiger partial charge in [0.2, 0.25) is 0 Å². The summed E-state index contributed by atoms with van der Waals surface area (Å²) in [6.07, 6.45) is 14.7. The third-order valence-electron chi connectivity index (χ3n) is 10.4. The Balaban J connectivity index is 0.000000309. The van der Waals surface area contributed by atoms with Crippen LogP contribution in [-0.4, -0.2) is 46.8 Å². The van der Waals surface area contributed by atoms with Crippen LogP contribution in [0.15, 0.2) is 24.3 Å². The van der Waals surface area contributed by atoms with Crippen molar-refractivity contribution in [3.8, 4) is 0 Å². The number of ketones is 1. The molecule has 0 aromatic heterocycles. The molecule has 7 atom stereocenters. The standard InChI is InChI=1S/C23H37N.C7H13N3O3.CH4/c1-6-8-17-9-10-18-20-12-11-19(16(3)24)23(20,5)15-13-21(18)22(17,4)14-7-2;8-10(7(12)13)4-2-5-6(11)1-3-9-5;/h6,8,18-21,24H,1,7,9-15H2,2-5H3;5,9H,1-4,8H2,(H,12,13);1H4/b17-8-,24-16?;;. The first-order chi connectivity index (χ1) is 17.5. The first-order valence-electron chi connectivity index (χ1n) is 14.4. The maximum absolute atomic E-state index is 11.1. The lowest BCUT2D eigenvalue weighted by Crippen LogP contribution is -2.50. The minimum Gasteiger partial charge on any atom is -0.464 e. The van der Waals surface area contributed by atoms with Crippen molar-refractivity contribution in [3.05, 3.63) is 24.3 Å². The molecule has 3 saturated carbocycles. The molecular weight excluding hydrogens is 476 g/mol. The summed E-state index contributed by atoms with van der Waals surface area (Å²) in [4.78, 5) is 21.4. The van der Waals surface area contributed by atoms with Crippen LogP contribution in [0.1, 0.15) is 99.3 Å². The topological polar surface area (TPSA) is 120 Å². The number of nitrogens with two attached hydrogens (primary N) is 1. The predicted octanol–water partition coefficient (Wildman–Crippen LogP) is 6.59. The molecule has 7 unspecified atom stereocenters. The van der Waals surface area contributed by atoms with Gasteiger partial charge in [-0.25, -0.2) is 15.6 Å². The van der Waals surface area contributed by atoms with E-state index in [9.17, 15) is 9.59 Å². The highest BCUT2D eigenvalue weighted by atomic mass is 16.4. The Morgan fingerprint density at radius 2 is 1.95 bits per heavy atom. The van der Waals surface area contributed by atoms with Crippen LogP contribution < -0.4 is 11.2 Å². The van der Waals surface area contributed by atoms with Gasteiger partial charge in [0.05, 0.1) is 6.04 Å². The summed E-state index contributed by atoms with van der Waals surface area (Å²) < 4.78 is 0. The molecule has 3 aliphatic carbocycles. The molecule has 0 spiro atoms. The van der Waals surface area contributed by atoms with Gasteiger partial charge in [0, 0.05) is 31.1 Å². The maximum atomic E-state index is 11.1. The third-order valence-corrected chi connectivity index (χ3v) is 10.4. The number of carbonyl (C=O) groups excluding carboxylic acids is 1. The molecule has 0 radical (unpaired) electrons. The summed E-state index contributed by atoms with van der Waals surface area (Å²) in [6.45, 7) is 14.3. The van der Waals surface area contributed by atoms with Gasteiger partial charge < -0.3 is 15.8 Å². The van der Waals surface area contributed by atoms with Gasteiger partial charge in [-0.05, 0) is 86.9 Å². The summed E-state index contributed by atoms with van der Waals surface area (Å²) >= 11 is 0. The fraction of sp³-hybridized carbons (Fsp3) is 0.774. The van der Waals surface area contributed by atoms with Crippen LogP contribution >= 0.6 is 0 Å². The predicted molar refractivity (Wildman–Crippen MR) is 156 cm³/mol. The SMILES string of the molecule is C.C=C/C=C1/CCC2C(CCC3(C)C(C(C)=N)CCC23)C1(C)CCC.NN(CCC1NCCC1=O)C(=O)O. The maximum Gasteiger partial charge on any atom is 0.421 e. The van der Waals surface area contributed by atoms with Crippen molar-refractivity contribution in [3.63, 3.8) is 0 Å². The monoisotopic (exact) mass is 530 g/mol. The van der Waals surface area contributed by atoms with Crippen LogP contribution in [0.2, 0.25) is 0 Å². The van der Waals surface area contributed by atoms with E-state index in [2.05, 4.69) is 45.7 Å². The molecule has 216 valence electrons. The van der Waals surface area contributed by atoms with Gasteiger partial charge in [0.15, 0.2) is 5.78 Å². The minimum atomic E-state index is -1.18. The number of fused-ring (bicyclic) bond motifs is 3. The highest BCUT2D eigenvalue weighted by molar-refractivity contribution is 5.86. The molecule has 4 rings (SSSR count). The zero-order valence-electron chi connectivity index (χ0n) is 23.5. The summed E-state index contributed by atoms with van der Waals surface area (Å²) in [7, 11) is 0. The van der Waals surface area contributed by atoms with Gasteiger partial charge in [-0.1, -0.05) is 58.9 Å². The van der Waals surface area contributed by atoms with Crippen molar-refractivity contribution in [1.29, 1.82) is 5.41 Å². The quantitative estimate of drug-likeness (QED) is 0.128. The number of carbonyl (C=O) groups is 2. The Hall–Kier alpha value is -1.99. The zero-order chi connectivity index (χ0) is 27.4. The van der Waals surface area contributed by atoms with Crippen LogP contribution in [0, 0.1) is 39.9 Å². The molecule has 1 amide bonds. The van der Waals surface area contributed by atoms with Crippen LogP contribution in [0.5, 0.6) is 0 Å². The largest absolute Gasteiger partial charge is 0.464 e. The van der Waals surface area contributed by atoms with E-state index in [1.807, 2.05) is 6.08 Å². The number of carboxylic acid groups (broad SMARTS) is 1. The highest BCUT2D eigenvalue weighted by Gasteiger charge is 2.58. The number of allylic oxidation sites excluding steroid dienone is 3. The summed E-state index contributed by atoms with van der Waals surface area (Å²) in [5, 5.41) is 20.4. The molecule has 0 aromatic rings. The molecule has 0 bridgehead atoms. The van der Waals surface area contributed by atoms with Gasteiger partial charge in [-0.15, -0.1) is 0 Å². The molecule has 1 aliphatic heterocycles. The number of nitrogens with zero attached hydrogens (tertiary/aromatic N) is 1. The van der Waals surface area contributed by atoms with Crippen LogP contribution in [0.25, 0.3) is 0 Å². The molecule has 4 aliphatic rings. The normalized spacial score (nSPS) is 36.8. The number of hydrazine groups is 1. The molecule has 7 nitrogen and oxygen atoms in total. The second-order valence-corrected chi connectivity index (χ2v) is 12.4. The average Bonchev–Trinajstić information content (AvgIpc) is 3.42. The van der Waals surface area contributed by atoms with Crippen molar-refractivity contribution >= 4 is 17.6 Å². The molecular formula is C31H54N4O3. The molecule has 5 N–H and O–H groups in total. The van der Waals surface area contributed by atoms with Gasteiger partial charge >= 0.3 is 6.09 Å². The Bertz CT molecular complexity index is 902. The Labute approximate surface area is 231 Å². The average molecular weight is 531 g/mol. The van der Waals surface area contributed by atoms with Gasteiger partial charge in [0.25, 0.3) is 0 Å². The van der Waals surface area contributed by atoms with E-state index in [4.69, 9.17) is 16.4 Å². The van der Waals surface area contributed by atoms with Crippen molar-refractivity contribution in [1.82, 2.24) is 10.3 Å². The molecule has 7 heteroatoms. The molecule has 1 heterocycles. The van der Waals surface area contributed by atoms with E-state index in [1.165, 1.54) is 51.4 Å². The second-order valence-electron chi connectivity index (χ2n) is 12.4. The van der Waals surface area contributed by atoms with Crippen LogP contribution in [0.3, 0.4) is 0 Å². The Morgan fingerprint density at radius 1 is 1.24 bits per heavy atom. The molecule has 1 saturated heterocycles. The van der Waals surface area contributed by atoms with Crippen LogP contribution in [0.4, 0.5) is 4.79 Å². The van der Waals surface area contributed by atoms with E-state index < -0.39 is 6.09 Å². The van der Waals surface area contributed by atoms with Crippen molar-refractivity contribution in [2.45, 2.75) is 105 Å². The van der Waals surface area contributed by atoms with E-state index in [0.717, 1.165) is 23.5 Å². The number of hydrogen-bond acceptors (Lipinski definition) is 5. The number of hydrogen-bond donors (Lipinski definition) is 4. The van der Waals surface area contributed by atoms with Crippen molar-refractivity contribution in [2.24, 2.45) is 40.3 Å². The minimum absolute atomic E-state index is 0. The van der Waals surface area contributed by atoms with E-state index >= 15 is 0 Å². The lowest BCUT2D eigenvalue weighted by molar-refractivity contribution is -0.118. The smallest absolute Gasteiger partial charge is 0.421 e. The lowest BCUT2D eigenvalue weighted by atomic mass is 9.47. The van der Waals surface area contributed by atoms with E-state index in [-0.39, 0.29) is 25.8 Å². The molecule has 4 fully saturated rings. The zero-order valence-corrected chi connectivity index (χ0v) is 23.5. The summed E-state index contributed by atoms with van der Waals surface area (Å²) in [6, 6.07) is -0.217. The first kappa shape index (κ1) is 32.2.